The Balaban J connectivity index is 2.95. The van der Waals surface area contributed by atoms with Crippen molar-refractivity contribution in [2.45, 2.75) is 0 Å². The number of anilines is 2. The maximum absolute atomic E-state index is 8.76. The molecule has 2 aromatic rings. The third-order valence-corrected chi connectivity index (χ3v) is 2.08. The quantitative estimate of drug-likeness (QED) is 0.561. The highest BCUT2D eigenvalue weighted by atomic mass is 32.1. The third-order valence-electron chi connectivity index (χ3n) is 1.89. The topological polar surface area (TPSA) is 117 Å². The molecule has 0 aliphatic rings. The summed E-state index contributed by atoms with van der Waals surface area (Å²) in [6.07, 6.45) is 0. The number of aromatic nitrogens is 3. The van der Waals surface area contributed by atoms with E-state index in [1.54, 1.807) is 0 Å². The van der Waals surface area contributed by atoms with Gasteiger partial charge in [0.15, 0.2) is 10.4 Å². The first-order chi connectivity index (χ1) is 7.11. The third kappa shape index (κ3) is 1.47. The van der Waals surface area contributed by atoms with Crippen LogP contribution in [0.25, 0.3) is 11.0 Å². The van der Waals surface area contributed by atoms with Crippen LogP contribution in [0.1, 0.15) is 5.56 Å². The Bertz CT molecular complexity index is 638. The van der Waals surface area contributed by atoms with Gasteiger partial charge in [0.2, 0.25) is 0 Å². The number of hydrogen-bond donors (Lipinski definition) is 3. The van der Waals surface area contributed by atoms with Gasteiger partial charge in [-0.25, -0.2) is 4.98 Å². The second-order valence-electron chi connectivity index (χ2n) is 2.86. The first-order valence-electron chi connectivity index (χ1n) is 3.98. The van der Waals surface area contributed by atoms with Gasteiger partial charge in [0.25, 0.3) is 0 Å². The minimum Gasteiger partial charge on any atom is -0.385 e. The smallest absolute Gasteiger partial charge is 0.200 e. The number of pyridine rings is 1. The fourth-order valence-electron chi connectivity index (χ4n) is 1.20. The molecule has 2 heterocycles. The predicted octanol–water partition coefficient (Wildman–Crippen LogP) is 0.723. The Kier molecular flexibility index (Phi) is 1.98. The van der Waals surface area contributed by atoms with Crippen molar-refractivity contribution in [3.8, 4) is 6.07 Å². The highest BCUT2D eigenvalue weighted by molar-refractivity contribution is 7.71. The predicted molar refractivity (Wildman–Crippen MR) is 58.3 cm³/mol. The second-order valence-corrected chi connectivity index (χ2v) is 3.25. The number of fused-ring (bicyclic) bond motifs is 1. The summed E-state index contributed by atoms with van der Waals surface area (Å²) in [5.74, 6) is 0.450. The first-order valence-corrected chi connectivity index (χ1v) is 4.39. The van der Waals surface area contributed by atoms with Crippen molar-refractivity contribution in [3.63, 3.8) is 0 Å². The first kappa shape index (κ1) is 9.36. The van der Waals surface area contributed by atoms with Gasteiger partial charge in [-0.2, -0.15) is 10.2 Å². The zero-order valence-electron chi connectivity index (χ0n) is 7.48. The van der Waals surface area contributed by atoms with Gasteiger partial charge in [0, 0.05) is 0 Å². The minimum absolute atomic E-state index is 0.123. The van der Waals surface area contributed by atoms with Crippen LogP contribution in [0.5, 0.6) is 0 Å². The Morgan fingerprint density at radius 1 is 1.40 bits per heavy atom. The minimum atomic E-state index is 0.123. The summed E-state index contributed by atoms with van der Waals surface area (Å²) in [4.78, 5) is 10.6. The Labute approximate surface area is 89.6 Å². The summed E-state index contributed by atoms with van der Waals surface area (Å²) < 4.78 is 0.233. The molecular formula is C8H6N6S. The molecule has 7 heteroatoms. The number of nitrogens with zero attached hydrogens (tertiary/aromatic N) is 3. The number of rotatable bonds is 0. The molecule has 0 bridgehead atoms. The van der Waals surface area contributed by atoms with Crippen molar-refractivity contribution in [1.82, 2.24) is 15.0 Å². The molecule has 0 spiro atoms. The average molecular weight is 218 g/mol. The molecule has 2 rings (SSSR count). The van der Waals surface area contributed by atoms with Crippen LogP contribution in [0.4, 0.5) is 11.6 Å². The molecular weight excluding hydrogens is 212 g/mol. The van der Waals surface area contributed by atoms with E-state index in [9.17, 15) is 0 Å². The van der Waals surface area contributed by atoms with Crippen LogP contribution < -0.4 is 11.5 Å². The molecule has 6 nitrogen and oxygen atoms in total. The molecule has 15 heavy (non-hydrogen) atoms. The zero-order valence-corrected chi connectivity index (χ0v) is 8.30. The van der Waals surface area contributed by atoms with E-state index >= 15 is 0 Å². The van der Waals surface area contributed by atoms with Crippen molar-refractivity contribution in [2.24, 2.45) is 0 Å². The number of nitriles is 1. The molecule has 0 aliphatic heterocycles. The molecule has 0 fully saturated rings. The van der Waals surface area contributed by atoms with Gasteiger partial charge in [-0.3, -0.25) is 0 Å². The van der Waals surface area contributed by atoms with Gasteiger partial charge in [0.05, 0.1) is 10.9 Å². The van der Waals surface area contributed by atoms with Crippen LogP contribution in [0.15, 0.2) is 6.07 Å². The van der Waals surface area contributed by atoms with Crippen molar-refractivity contribution in [2.75, 3.05) is 11.5 Å². The SMILES string of the molecule is N#Cc1cc2c(N)[nH]c(=S)nc2nc1N. The average Bonchev–Trinajstić information content (AvgIpc) is 2.16. The summed E-state index contributed by atoms with van der Waals surface area (Å²) in [5, 5.41) is 9.30. The lowest BCUT2D eigenvalue weighted by molar-refractivity contribution is 1.16. The molecule has 0 atom stereocenters. The number of nitrogens with two attached hydrogens (primary N) is 2. The van der Waals surface area contributed by atoms with Crippen LogP contribution in [-0.4, -0.2) is 15.0 Å². The summed E-state index contributed by atoms with van der Waals surface area (Å²) in [5.41, 5.74) is 11.8. The molecule has 0 radical (unpaired) electrons. The Hall–Kier alpha value is -2.20. The molecule has 2 aromatic heterocycles. The van der Waals surface area contributed by atoms with Crippen molar-refractivity contribution in [1.29, 1.82) is 5.26 Å². The van der Waals surface area contributed by atoms with Crippen LogP contribution >= 0.6 is 12.2 Å². The second kappa shape index (κ2) is 3.18. The van der Waals surface area contributed by atoms with Crippen LogP contribution in [-0.2, 0) is 0 Å². The highest BCUT2D eigenvalue weighted by Gasteiger charge is 2.07. The van der Waals surface area contributed by atoms with Crippen molar-refractivity contribution in [3.05, 3.63) is 16.4 Å². The summed E-state index contributed by atoms with van der Waals surface area (Å²) >= 11 is 4.84. The van der Waals surface area contributed by atoms with E-state index in [-0.39, 0.29) is 16.2 Å². The number of hydrogen-bond acceptors (Lipinski definition) is 6. The lowest BCUT2D eigenvalue weighted by Gasteiger charge is -2.02. The van der Waals surface area contributed by atoms with E-state index in [1.165, 1.54) is 6.07 Å². The summed E-state index contributed by atoms with van der Waals surface area (Å²) in [7, 11) is 0. The van der Waals surface area contributed by atoms with Crippen LogP contribution in [0.2, 0.25) is 0 Å². The molecule has 0 aliphatic carbocycles. The van der Waals surface area contributed by atoms with Crippen molar-refractivity contribution < 1.29 is 0 Å². The molecule has 74 valence electrons. The standard InChI is InChI=1S/C8H6N6S/c9-2-3-1-4-6(11)13-8(15)14-7(4)12-5(3)10/h1H,(H5,10,11,12,13,14,15). The fourth-order valence-corrected chi connectivity index (χ4v) is 1.39. The molecule has 5 N–H and O–H groups in total. The summed E-state index contributed by atoms with van der Waals surface area (Å²) in [6.45, 7) is 0. The van der Waals surface area contributed by atoms with Gasteiger partial charge >= 0.3 is 0 Å². The van der Waals surface area contributed by atoms with Gasteiger partial charge in [-0.05, 0) is 18.3 Å². The van der Waals surface area contributed by atoms with E-state index < -0.39 is 0 Å². The number of nitrogen functional groups attached to an aromatic ring is 2. The van der Waals surface area contributed by atoms with Gasteiger partial charge in [0.1, 0.15) is 17.7 Å². The number of nitrogens with one attached hydrogen (secondary N) is 1. The molecule has 0 amide bonds. The number of aromatic amines is 1. The van der Waals surface area contributed by atoms with Gasteiger partial charge in [-0.15, -0.1) is 0 Å². The Morgan fingerprint density at radius 2 is 2.13 bits per heavy atom. The van der Waals surface area contributed by atoms with E-state index in [4.69, 9.17) is 28.9 Å². The molecule has 0 saturated carbocycles. The summed E-state index contributed by atoms with van der Waals surface area (Å²) in [6, 6.07) is 3.45. The van der Waals surface area contributed by atoms with Crippen LogP contribution in [0.3, 0.4) is 0 Å². The lowest BCUT2D eigenvalue weighted by atomic mass is 10.2. The molecule has 0 unspecified atom stereocenters. The maximum Gasteiger partial charge on any atom is 0.200 e. The molecule has 0 aromatic carbocycles. The lowest BCUT2D eigenvalue weighted by Crippen LogP contribution is -2.01. The number of H-pyrrole nitrogens is 1. The normalized spacial score (nSPS) is 10.1. The zero-order chi connectivity index (χ0) is 11.0. The van der Waals surface area contributed by atoms with E-state index in [1.807, 2.05) is 6.07 Å². The van der Waals surface area contributed by atoms with Gasteiger partial charge < -0.3 is 16.5 Å². The largest absolute Gasteiger partial charge is 0.385 e. The molecule has 0 saturated heterocycles. The van der Waals surface area contributed by atoms with E-state index in [2.05, 4.69) is 15.0 Å². The van der Waals surface area contributed by atoms with E-state index in [0.29, 0.717) is 16.9 Å². The van der Waals surface area contributed by atoms with Gasteiger partial charge in [-0.1, -0.05) is 0 Å². The maximum atomic E-state index is 8.76. The highest BCUT2D eigenvalue weighted by Crippen LogP contribution is 2.19. The fraction of sp³-hybridized carbons (Fsp3) is 0. The van der Waals surface area contributed by atoms with Crippen LogP contribution in [0, 0.1) is 16.1 Å². The van der Waals surface area contributed by atoms with Crippen molar-refractivity contribution >= 4 is 34.9 Å². The monoisotopic (exact) mass is 218 g/mol. The Morgan fingerprint density at radius 3 is 2.80 bits per heavy atom. The van der Waals surface area contributed by atoms with E-state index in [0.717, 1.165) is 0 Å².